The van der Waals surface area contributed by atoms with Crippen LogP contribution in [0.15, 0.2) is 72.8 Å². The lowest BCUT2D eigenvalue weighted by atomic mass is 9.91. The molecule has 0 aliphatic carbocycles. The molecule has 3 amide bonds. The van der Waals surface area contributed by atoms with Gasteiger partial charge in [0.15, 0.2) is 0 Å². The van der Waals surface area contributed by atoms with E-state index in [1.165, 1.54) is 4.90 Å². The first-order valence-electron chi connectivity index (χ1n) is 15.4. The van der Waals surface area contributed by atoms with Crippen LogP contribution in [0.4, 0.5) is 9.59 Å². The molecule has 10 heteroatoms. The van der Waals surface area contributed by atoms with E-state index in [0.29, 0.717) is 23.1 Å². The molecule has 10 nitrogen and oxygen atoms in total. The predicted molar refractivity (Wildman–Crippen MR) is 176 cm³/mol. The van der Waals surface area contributed by atoms with E-state index in [1.807, 2.05) is 60.7 Å². The number of carboxylic acid groups (broad SMARTS) is 1. The summed E-state index contributed by atoms with van der Waals surface area (Å²) in [7, 11) is 0. The van der Waals surface area contributed by atoms with Crippen LogP contribution in [0.2, 0.25) is 0 Å². The molecule has 46 heavy (non-hydrogen) atoms. The summed E-state index contributed by atoms with van der Waals surface area (Å²) in [6.07, 6.45) is -1.38. The van der Waals surface area contributed by atoms with Gasteiger partial charge in [-0.05, 0) is 81.0 Å². The largest absolute Gasteiger partial charge is 0.508 e. The van der Waals surface area contributed by atoms with Crippen LogP contribution >= 0.6 is 0 Å². The van der Waals surface area contributed by atoms with Gasteiger partial charge in [-0.2, -0.15) is 0 Å². The Kier molecular flexibility index (Phi) is 12.7. The third-order valence-corrected chi connectivity index (χ3v) is 7.41. The van der Waals surface area contributed by atoms with E-state index in [0.717, 1.165) is 11.1 Å². The van der Waals surface area contributed by atoms with E-state index < -0.39 is 29.7 Å². The first-order chi connectivity index (χ1) is 21.7. The molecule has 0 heterocycles. The van der Waals surface area contributed by atoms with Crippen LogP contribution in [-0.4, -0.2) is 57.7 Å². The van der Waals surface area contributed by atoms with Crippen LogP contribution in [0.25, 0.3) is 0 Å². The first kappa shape index (κ1) is 35.6. The lowest BCUT2D eigenvalue weighted by Gasteiger charge is -2.26. The van der Waals surface area contributed by atoms with E-state index in [4.69, 9.17) is 4.74 Å². The minimum absolute atomic E-state index is 0.00276. The topological polar surface area (TPSA) is 145 Å². The van der Waals surface area contributed by atoms with Crippen molar-refractivity contribution in [1.29, 1.82) is 0 Å². The lowest BCUT2D eigenvalue weighted by molar-refractivity contribution is -0.123. The van der Waals surface area contributed by atoms with Gasteiger partial charge in [-0.15, -0.1) is 0 Å². The number of benzene rings is 3. The molecule has 0 spiro atoms. The number of nitrogens with one attached hydrogen (secondary N) is 2. The maximum absolute atomic E-state index is 13.5. The summed E-state index contributed by atoms with van der Waals surface area (Å²) in [5.74, 6) is -1.04. The quantitative estimate of drug-likeness (QED) is 0.151. The highest BCUT2D eigenvalue weighted by atomic mass is 16.6. The van der Waals surface area contributed by atoms with Crippen LogP contribution < -0.4 is 10.6 Å². The Bertz CT molecular complexity index is 1460. The number of phenols is 1. The van der Waals surface area contributed by atoms with Crippen LogP contribution in [0, 0.1) is 13.8 Å². The highest BCUT2D eigenvalue weighted by molar-refractivity contribution is 5.86. The Morgan fingerprint density at radius 3 is 2.07 bits per heavy atom. The summed E-state index contributed by atoms with van der Waals surface area (Å²) >= 11 is 0. The first-order valence-corrected chi connectivity index (χ1v) is 15.4. The number of hydrogen-bond donors (Lipinski definition) is 4. The van der Waals surface area contributed by atoms with Crippen molar-refractivity contribution in [3.8, 4) is 5.75 Å². The van der Waals surface area contributed by atoms with Crippen molar-refractivity contribution in [3.05, 3.63) is 101 Å². The van der Waals surface area contributed by atoms with Gasteiger partial charge in [0.25, 0.3) is 0 Å². The Morgan fingerprint density at radius 1 is 0.913 bits per heavy atom. The second-order valence-electron chi connectivity index (χ2n) is 12.4. The van der Waals surface area contributed by atoms with Crippen molar-refractivity contribution in [2.75, 3.05) is 13.1 Å². The molecule has 0 saturated carbocycles. The molecule has 2 atom stereocenters. The fourth-order valence-corrected chi connectivity index (χ4v) is 5.41. The Morgan fingerprint density at radius 2 is 1.50 bits per heavy atom. The zero-order valence-corrected chi connectivity index (χ0v) is 27.2. The summed E-state index contributed by atoms with van der Waals surface area (Å²) in [5, 5.41) is 25.6. The van der Waals surface area contributed by atoms with E-state index in [1.54, 1.807) is 46.8 Å². The average molecular weight is 632 g/mol. The molecule has 2 unspecified atom stereocenters. The third-order valence-electron chi connectivity index (χ3n) is 7.41. The van der Waals surface area contributed by atoms with Crippen LogP contribution in [0.5, 0.6) is 5.75 Å². The highest BCUT2D eigenvalue weighted by Gasteiger charge is 2.27. The number of aryl methyl sites for hydroxylation is 2. The maximum Gasteiger partial charge on any atom is 0.408 e. The number of carbonyl (C=O) groups is 4. The summed E-state index contributed by atoms with van der Waals surface area (Å²) < 4.78 is 5.43. The number of hydrogen-bond acceptors (Lipinski definition) is 6. The summed E-state index contributed by atoms with van der Waals surface area (Å²) in [6.45, 7) is 9.20. The number of amides is 3. The van der Waals surface area contributed by atoms with Gasteiger partial charge >= 0.3 is 12.2 Å². The standard InChI is InChI=1S/C36H45N3O7/c1-24-19-28(40)20-25(2)33(24)30(38-34(43)46-36(3,4)5)21-32(42)37-18-12-17-31(41)29(27-15-10-7-11-16-27)23-39(35(44)45)22-26-13-8-6-9-14-26/h6-11,13-16,19-20,29-30,40H,12,17-18,21-23H2,1-5H3,(H,37,42)(H,38,43)(H,44,45). The smallest absolute Gasteiger partial charge is 0.408 e. The normalized spacial score (nSPS) is 12.5. The molecule has 0 aromatic heterocycles. The number of alkyl carbamates (subject to hydrolysis) is 1. The summed E-state index contributed by atoms with van der Waals surface area (Å²) in [5.41, 5.74) is 2.95. The molecule has 0 saturated heterocycles. The number of rotatable bonds is 14. The zero-order chi connectivity index (χ0) is 33.9. The molecule has 3 aromatic rings. The minimum atomic E-state index is -1.11. The number of Topliss-reactive ketones (excluding diaryl/α,β-unsaturated/α-hetero) is 1. The van der Waals surface area contributed by atoms with Gasteiger partial charge < -0.3 is 30.5 Å². The number of nitrogens with zero attached hydrogens (tertiary/aromatic N) is 1. The van der Waals surface area contributed by atoms with Gasteiger partial charge in [0.05, 0.1) is 18.4 Å². The second kappa shape index (κ2) is 16.5. The molecular formula is C36H45N3O7. The van der Waals surface area contributed by atoms with Gasteiger partial charge in [0.1, 0.15) is 17.1 Å². The molecule has 0 radical (unpaired) electrons. The molecular weight excluding hydrogens is 586 g/mol. The predicted octanol–water partition coefficient (Wildman–Crippen LogP) is 6.39. The Balaban J connectivity index is 1.65. The van der Waals surface area contributed by atoms with Crippen molar-refractivity contribution >= 4 is 23.9 Å². The molecule has 246 valence electrons. The maximum atomic E-state index is 13.5. The average Bonchev–Trinajstić information content (AvgIpc) is 2.96. The van der Waals surface area contributed by atoms with Crippen molar-refractivity contribution in [2.45, 2.75) is 78.0 Å². The number of aromatic hydroxyl groups is 1. The van der Waals surface area contributed by atoms with Crippen LogP contribution in [0.3, 0.4) is 0 Å². The summed E-state index contributed by atoms with van der Waals surface area (Å²) in [4.78, 5) is 52.6. The fraction of sp³-hybridized carbons (Fsp3) is 0.389. The van der Waals surface area contributed by atoms with Crippen molar-refractivity contribution < 1.29 is 34.1 Å². The van der Waals surface area contributed by atoms with Gasteiger partial charge in [-0.1, -0.05) is 60.7 Å². The molecule has 0 aliphatic heterocycles. The van der Waals surface area contributed by atoms with E-state index in [2.05, 4.69) is 10.6 Å². The number of carbonyl (C=O) groups excluding carboxylic acids is 3. The van der Waals surface area contributed by atoms with E-state index >= 15 is 0 Å². The Hall–Kier alpha value is -4.86. The molecule has 4 N–H and O–H groups in total. The molecule has 0 fully saturated rings. The van der Waals surface area contributed by atoms with Gasteiger partial charge in [0, 0.05) is 26.1 Å². The third kappa shape index (κ3) is 11.3. The molecule has 3 rings (SSSR count). The molecule has 0 aliphatic rings. The van der Waals surface area contributed by atoms with Crippen molar-refractivity contribution in [2.24, 2.45) is 0 Å². The van der Waals surface area contributed by atoms with Gasteiger partial charge in [-0.3, -0.25) is 9.59 Å². The van der Waals surface area contributed by atoms with Gasteiger partial charge in [0.2, 0.25) is 5.91 Å². The van der Waals surface area contributed by atoms with Crippen LogP contribution in [0.1, 0.15) is 79.8 Å². The number of ketones is 1. The second-order valence-corrected chi connectivity index (χ2v) is 12.4. The number of phenolic OH excluding ortho intramolecular Hbond substituents is 1. The monoisotopic (exact) mass is 631 g/mol. The highest BCUT2D eigenvalue weighted by Crippen LogP contribution is 2.29. The van der Waals surface area contributed by atoms with E-state index in [-0.39, 0.29) is 49.9 Å². The van der Waals surface area contributed by atoms with Crippen LogP contribution in [-0.2, 0) is 20.9 Å². The van der Waals surface area contributed by atoms with Gasteiger partial charge in [-0.25, -0.2) is 9.59 Å². The molecule has 3 aromatic carbocycles. The van der Waals surface area contributed by atoms with Crippen molar-refractivity contribution in [1.82, 2.24) is 15.5 Å². The summed E-state index contributed by atoms with van der Waals surface area (Å²) in [6, 6.07) is 20.8. The van der Waals surface area contributed by atoms with E-state index in [9.17, 15) is 29.4 Å². The Labute approximate surface area is 270 Å². The zero-order valence-electron chi connectivity index (χ0n) is 27.2. The number of ether oxygens (including phenoxy) is 1. The SMILES string of the molecule is Cc1cc(O)cc(C)c1C(CC(=O)NCCCC(=O)C(CN(Cc1ccccc1)C(=O)O)c1ccccc1)NC(=O)OC(C)(C)C. The lowest BCUT2D eigenvalue weighted by Crippen LogP contribution is -2.38. The molecule has 0 bridgehead atoms. The van der Waals surface area contributed by atoms with Crippen molar-refractivity contribution in [3.63, 3.8) is 0 Å². The minimum Gasteiger partial charge on any atom is -0.508 e. The fourth-order valence-electron chi connectivity index (χ4n) is 5.41.